The number of hydrogen-bond donors (Lipinski definition) is 0. The van der Waals surface area contributed by atoms with E-state index in [9.17, 15) is 0 Å². The Hall–Kier alpha value is 1.02. The van der Waals surface area contributed by atoms with E-state index in [0.717, 1.165) is 0 Å². The van der Waals surface area contributed by atoms with Gasteiger partial charge in [-0.15, -0.1) is 0 Å². The van der Waals surface area contributed by atoms with E-state index in [1.165, 1.54) is 16.7 Å². The van der Waals surface area contributed by atoms with Gasteiger partial charge in [-0.25, -0.2) is 0 Å². The van der Waals surface area contributed by atoms with Crippen LogP contribution in [0.4, 0.5) is 0 Å². The van der Waals surface area contributed by atoms with Crippen molar-refractivity contribution in [3.05, 3.63) is 122 Å². The van der Waals surface area contributed by atoms with Crippen LogP contribution in [-0.4, -0.2) is 32.3 Å². The molecule has 3 rings (SSSR count). The minimum absolute atomic E-state index is 0. The van der Waals surface area contributed by atoms with Crippen LogP contribution in [0.1, 0.15) is 16.7 Å². The van der Waals surface area contributed by atoms with Gasteiger partial charge in [-0.1, -0.05) is 99.3 Å². The molecular formula is C35H55AgSi4Ti. The summed E-state index contributed by atoms with van der Waals surface area (Å²) < 4.78 is 0. The second-order valence-electron chi connectivity index (χ2n) is 14.1. The van der Waals surface area contributed by atoms with E-state index < -0.39 is 32.3 Å². The molecule has 0 aromatic heterocycles. The van der Waals surface area contributed by atoms with E-state index in [1.54, 1.807) is 11.1 Å². The topological polar surface area (TPSA) is 0 Å². The van der Waals surface area contributed by atoms with Gasteiger partial charge in [-0.2, -0.15) is 34.9 Å². The van der Waals surface area contributed by atoms with Crippen LogP contribution < -0.4 is 0 Å². The number of hydrogen-bond acceptors (Lipinski definition) is 0. The first-order chi connectivity index (χ1) is 17.5. The van der Waals surface area contributed by atoms with Crippen LogP contribution in [0.2, 0.25) is 78.6 Å². The molecule has 6 heteroatoms. The molecule has 0 aliphatic heterocycles. The van der Waals surface area contributed by atoms with Gasteiger partial charge in [0, 0.05) is 16.1 Å². The zero-order valence-electron chi connectivity index (χ0n) is 28.6. The first-order valence-corrected chi connectivity index (χ1v) is 27.8. The summed E-state index contributed by atoms with van der Waals surface area (Å²) in [6.07, 6.45) is 17.4. The van der Waals surface area contributed by atoms with Gasteiger partial charge >= 0.3 is 44.1 Å². The van der Waals surface area contributed by atoms with E-state index in [-0.39, 0.29) is 44.1 Å². The van der Waals surface area contributed by atoms with Gasteiger partial charge in [0.05, 0.1) is 16.1 Å². The van der Waals surface area contributed by atoms with E-state index in [0.29, 0.717) is 0 Å². The molecule has 0 bridgehead atoms. The minimum Gasteiger partial charge on any atom is -0.703 e. The average molecular weight is 744 g/mol. The van der Waals surface area contributed by atoms with Crippen molar-refractivity contribution in [2.75, 3.05) is 0 Å². The molecule has 0 saturated heterocycles. The van der Waals surface area contributed by atoms with Crippen LogP contribution in [0.15, 0.2) is 12.1 Å². The van der Waals surface area contributed by atoms with Gasteiger partial charge in [0.25, 0.3) is 0 Å². The van der Waals surface area contributed by atoms with Crippen LogP contribution in [0.25, 0.3) is 0 Å². The fourth-order valence-electron chi connectivity index (χ4n) is 2.86. The van der Waals surface area contributed by atoms with Crippen LogP contribution in [0.3, 0.4) is 0 Å². The second-order valence-corrected chi connectivity index (χ2v) is 33.8. The zero-order chi connectivity index (χ0) is 31.1. The Morgan fingerprint density at radius 3 is 0.878 bits per heavy atom. The molecule has 0 N–H and O–H groups in total. The SMILES string of the molecule is C[Si](C)(C)[C]1[CH][CH][CH][CH]1.C[Si](C)(C)[C]1[CH][CH][CH][CH]1.Cc1[c-]c(C)cc(C)c1.[Ag+].[C-]=[C][Si](C)(C)C.[C-]=[C][Si](C)(C)C.[Ti+2]. The molecule has 0 atom stereocenters. The van der Waals surface area contributed by atoms with Gasteiger partial charge in [-0.05, 0) is 62.4 Å². The Morgan fingerprint density at radius 2 is 0.756 bits per heavy atom. The molecule has 2 fully saturated rings. The monoisotopic (exact) mass is 742 g/mol. The fourth-order valence-corrected chi connectivity index (χ4v) is 5.24. The Bertz CT molecular complexity index is 705. The Morgan fingerprint density at radius 1 is 0.537 bits per heavy atom. The van der Waals surface area contributed by atoms with Crippen molar-refractivity contribution in [1.82, 2.24) is 0 Å². The summed E-state index contributed by atoms with van der Waals surface area (Å²) in [5, 5.41) is 0. The summed E-state index contributed by atoms with van der Waals surface area (Å²) >= 11 is 0. The molecule has 2 aliphatic carbocycles. The third-order valence-electron chi connectivity index (χ3n) is 5.09. The molecule has 1 aromatic carbocycles. The van der Waals surface area contributed by atoms with Crippen LogP contribution in [-0.2, 0) is 44.1 Å². The molecule has 0 unspecified atom stereocenters. The maximum Gasteiger partial charge on any atom is 2.00 e. The Balaban J connectivity index is -0.000000209. The summed E-state index contributed by atoms with van der Waals surface area (Å²) in [6, 6.07) is 7.47. The predicted molar refractivity (Wildman–Crippen MR) is 187 cm³/mol. The summed E-state index contributed by atoms with van der Waals surface area (Å²) in [7, 11) is -4.39. The van der Waals surface area contributed by atoms with Gasteiger partial charge < -0.3 is 24.6 Å². The zero-order valence-corrected chi connectivity index (χ0v) is 35.6. The number of aryl methyl sites for hydroxylation is 3. The fraction of sp³-hybridized carbons (Fsp3) is 0.429. The molecule has 0 spiro atoms. The van der Waals surface area contributed by atoms with Crippen LogP contribution >= 0.6 is 0 Å². The van der Waals surface area contributed by atoms with Gasteiger partial charge in [-0.3, -0.25) is 0 Å². The van der Waals surface area contributed by atoms with Crippen LogP contribution in [0, 0.1) is 114 Å². The second kappa shape index (κ2) is 23.4. The van der Waals surface area contributed by atoms with Gasteiger partial charge in [0.1, 0.15) is 0 Å². The Labute approximate surface area is 295 Å². The summed E-state index contributed by atoms with van der Waals surface area (Å²) in [5.74, 6) is 0. The quantitative estimate of drug-likeness (QED) is 0.213. The van der Waals surface area contributed by atoms with Crippen molar-refractivity contribution in [2.45, 2.75) is 99.3 Å². The largest absolute Gasteiger partial charge is 2.00 e. The van der Waals surface area contributed by atoms with Crippen molar-refractivity contribution in [1.29, 1.82) is 0 Å². The standard InChI is InChI=1S/C9H11.2C8H13Si.2C5H9Si.Ag.Ti/c1-7-4-8(2)6-9(3)5-7;2*1-9(2,3)8-6-4-5-7-8;2*1-5-6(2,3)4;;/h4-5H,1-3H3;2*4-7H,1-3H3;2*2-4H3;;/q-1;;;2*-1;+1;+2. The van der Waals surface area contributed by atoms with E-state index >= 15 is 0 Å². The molecule has 2 aliphatic rings. The maximum absolute atomic E-state index is 6.67. The van der Waals surface area contributed by atoms with Crippen LogP contribution in [0.5, 0.6) is 0 Å². The normalized spacial score (nSPS) is 15.5. The molecule has 226 valence electrons. The third-order valence-corrected chi connectivity index (χ3v) is 10.7. The number of rotatable bonds is 4. The average Bonchev–Trinajstić information content (AvgIpc) is 3.47. The van der Waals surface area contributed by atoms with E-state index in [2.05, 4.69) is 180 Å². The first kappa shape index (κ1) is 48.9. The summed E-state index contributed by atoms with van der Waals surface area (Å²) in [5.41, 5.74) is 11.9. The van der Waals surface area contributed by atoms with Gasteiger partial charge in [0.15, 0.2) is 0 Å². The molecule has 0 heterocycles. The third kappa shape index (κ3) is 30.8. The van der Waals surface area contributed by atoms with Crippen molar-refractivity contribution in [2.24, 2.45) is 0 Å². The van der Waals surface area contributed by atoms with Crippen molar-refractivity contribution < 1.29 is 44.1 Å². The summed E-state index contributed by atoms with van der Waals surface area (Å²) in [4.78, 5) is 0. The molecule has 41 heavy (non-hydrogen) atoms. The van der Waals surface area contributed by atoms with Crippen molar-refractivity contribution >= 4 is 32.3 Å². The maximum atomic E-state index is 6.67. The smallest absolute Gasteiger partial charge is 0.703 e. The Kier molecular flexibility index (Phi) is 27.9. The number of benzene rings is 1. The molecule has 1 aromatic rings. The molecular weight excluding hydrogens is 688 g/mol. The molecule has 0 nitrogen and oxygen atoms in total. The molecule has 14 radical (unpaired) electrons. The summed E-state index contributed by atoms with van der Waals surface area (Å²) in [6.45, 7) is 46.3. The molecule has 0 amide bonds. The van der Waals surface area contributed by atoms with Crippen molar-refractivity contribution in [3.8, 4) is 0 Å². The first-order valence-electron chi connectivity index (χ1n) is 13.8. The van der Waals surface area contributed by atoms with E-state index in [1.807, 2.05) is 0 Å². The van der Waals surface area contributed by atoms with Gasteiger partial charge in [0.2, 0.25) is 0 Å². The predicted octanol–water partition coefficient (Wildman–Crippen LogP) is 10.0. The van der Waals surface area contributed by atoms with E-state index in [4.69, 9.17) is 13.2 Å². The van der Waals surface area contributed by atoms with Crippen molar-refractivity contribution in [3.63, 3.8) is 0 Å². The minimum atomic E-state index is -1.21. The molecule has 2 saturated carbocycles.